The molecular weight excluding hydrogens is 324 g/mol. The molecule has 0 saturated carbocycles. The summed E-state index contributed by atoms with van der Waals surface area (Å²) in [5, 5.41) is 8.84. The van der Waals surface area contributed by atoms with Crippen LogP contribution in [0, 0.1) is 34.6 Å². The van der Waals surface area contributed by atoms with Crippen LogP contribution in [-0.4, -0.2) is 19.7 Å². The minimum absolute atomic E-state index is 0.140. The monoisotopic (exact) mass is 338 g/mol. The molecule has 24 heavy (non-hydrogen) atoms. The fourth-order valence-electron chi connectivity index (χ4n) is 2.21. The van der Waals surface area contributed by atoms with Crippen LogP contribution in [0.1, 0.15) is 12.5 Å². The summed E-state index contributed by atoms with van der Waals surface area (Å²) in [6.07, 6.45) is 0. The van der Waals surface area contributed by atoms with Crippen LogP contribution >= 0.6 is 0 Å². The summed E-state index contributed by atoms with van der Waals surface area (Å²) in [5.74, 6) is -8.43. The Morgan fingerprint density at radius 2 is 1.62 bits per heavy atom. The molecule has 2 aromatic carbocycles. The summed E-state index contributed by atoms with van der Waals surface area (Å²) in [5.41, 5.74) is -0.102. The summed E-state index contributed by atoms with van der Waals surface area (Å²) in [6.45, 7) is 2.66. The highest BCUT2D eigenvalue weighted by atomic mass is 19.2. The van der Waals surface area contributed by atoms with Crippen LogP contribution in [0.25, 0.3) is 0 Å². The van der Waals surface area contributed by atoms with E-state index in [-0.39, 0.29) is 13.2 Å². The van der Waals surface area contributed by atoms with Gasteiger partial charge in [0.05, 0.1) is 6.54 Å². The van der Waals surface area contributed by atoms with Crippen LogP contribution in [0.3, 0.4) is 0 Å². The van der Waals surface area contributed by atoms with Gasteiger partial charge in [0, 0.05) is 12.2 Å². The normalized spacial score (nSPS) is 10.3. The molecular formula is C17H14F4N2O. The van der Waals surface area contributed by atoms with Crippen molar-refractivity contribution >= 4 is 5.69 Å². The molecule has 0 aliphatic heterocycles. The first-order valence-corrected chi connectivity index (χ1v) is 7.20. The number of hydrogen-bond acceptors (Lipinski definition) is 3. The Hall–Kier alpha value is -2.75. The molecule has 3 nitrogen and oxygen atoms in total. The molecule has 0 saturated heterocycles. The summed E-state index contributed by atoms with van der Waals surface area (Å²) in [7, 11) is 0. The molecule has 126 valence electrons. The van der Waals surface area contributed by atoms with Gasteiger partial charge in [0.25, 0.3) is 0 Å². The van der Waals surface area contributed by atoms with Gasteiger partial charge in [-0.15, -0.1) is 0 Å². The van der Waals surface area contributed by atoms with E-state index in [2.05, 4.69) is 0 Å². The summed E-state index contributed by atoms with van der Waals surface area (Å²) in [4.78, 5) is 1.89. The largest absolute Gasteiger partial charge is 0.487 e. The summed E-state index contributed by atoms with van der Waals surface area (Å²) < 4.78 is 58.8. The van der Waals surface area contributed by atoms with Crippen LogP contribution in [0.2, 0.25) is 0 Å². The number of benzene rings is 2. The maximum Gasteiger partial charge on any atom is 0.205 e. The third-order valence-corrected chi connectivity index (χ3v) is 3.45. The van der Waals surface area contributed by atoms with E-state index in [4.69, 9.17) is 10.00 Å². The molecule has 0 aliphatic carbocycles. The van der Waals surface area contributed by atoms with E-state index in [0.717, 1.165) is 5.69 Å². The van der Waals surface area contributed by atoms with Crippen LogP contribution in [-0.2, 0) is 0 Å². The lowest BCUT2D eigenvalue weighted by molar-refractivity contribution is 0.290. The number of hydrogen-bond donors (Lipinski definition) is 0. The molecule has 0 aromatic heterocycles. The fourth-order valence-corrected chi connectivity index (χ4v) is 2.21. The van der Waals surface area contributed by atoms with Gasteiger partial charge in [-0.2, -0.15) is 9.65 Å². The predicted molar refractivity (Wildman–Crippen MR) is 80.8 cm³/mol. The van der Waals surface area contributed by atoms with E-state index in [0.29, 0.717) is 6.54 Å². The van der Waals surface area contributed by atoms with E-state index in [9.17, 15) is 17.6 Å². The third kappa shape index (κ3) is 3.43. The molecule has 0 amide bonds. The van der Waals surface area contributed by atoms with Crippen molar-refractivity contribution in [3.63, 3.8) is 0 Å². The maximum atomic E-state index is 13.7. The Bertz CT molecular complexity index is 760. The van der Waals surface area contributed by atoms with Crippen molar-refractivity contribution in [3.8, 4) is 11.8 Å². The average Bonchev–Trinajstić information content (AvgIpc) is 2.62. The van der Waals surface area contributed by atoms with Crippen molar-refractivity contribution in [2.45, 2.75) is 6.92 Å². The van der Waals surface area contributed by atoms with E-state index in [1.807, 2.05) is 42.2 Å². The molecule has 0 fully saturated rings. The first-order chi connectivity index (χ1) is 11.5. The number of nitrogens with zero attached hydrogens (tertiary/aromatic N) is 2. The summed E-state index contributed by atoms with van der Waals surface area (Å²) in [6, 6.07) is 10.6. The van der Waals surface area contributed by atoms with Crippen LogP contribution < -0.4 is 9.64 Å². The fraction of sp³-hybridized carbons (Fsp3) is 0.235. The second-order valence-corrected chi connectivity index (χ2v) is 4.84. The molecule has 2 aromatic rings. The number of anilines is 1. The van der Waals surface area contributed by atoms with Crippen LogP contribution in [0.15, 0.2) is 30.3 Å². The molecule has 0 atom stereocenters. The molecule has 2 rings (SSSR count). The highest BCUT2D eigenvalue weighted by Crippen LogP contribution is 2.30. The van der Waals surface area contributed by atoms with Crippen LogP contribution in [0.5, 0.6) is 5.75 Å². The molecule has 0 heterocycles. The third-order valence-electron chi connectivity index (χ3n) is 3.45. The lowest BCUT2D eigenvalue weighted by atomic mass is 10.2. The Morgan fingerprint density at radius 1 is 1.00 bits per heavy atom. The number of rotatable bonds is 6. The zero-order valence-electron chi connectivity index (χ0n) is 12.8. The first kappa shape index (κ1) is 17.6. The number of likely N-dealkylation sites (N-methyl/N-ethyl adjacent to an activating group) is 1. The van der Waals surface area contributed by atoms with Gasteiger partial charge in [-0.3, -0.25) is 0 Å². The Kier molecular flexibility index (Phi) is 5.64. The smallest absolute Gasteiger partial charge is 0.205 e. The van der Waals surface area contributed by atoms with E-state index >= 15 is 0 Å². The number of halogens is 4. The van der Waals surface area contributed by atoms with Gasteiger partial charge in [-0.1, -0.05) is 18.2 Å². The second-order valence-electron chi connectivity index (χ2n) is 4.84. The SMILES string of the molecule is CCN(CCOc1c(F)c(F)c(F)c(F)c1C#N)c1ccccc1. The van der Waals surface area contributed by atoms with Gasteiger partial charge in [0.1, 0.15) is 18.2 Å². The highest BCUT2D eigenvalue weighted by molar-refractivity contribution is 5.47. The Morgan fingerprint density at radius 3 is 2.21 bits per heavy atom. The Labute approximate surface area is 136 Å². The van der Waals surface area contributed by atoms with Gasteiger partial charge >= 0.3 is 0 Å². The molecule has 0 N–H and O–H groups in total. The highest BCUT2D eigenvalue weighted by Gasteiger charge is 2.26. The van der Waals surface area contributed by atoms with Gasteiger partial charge in [0.2, 0.25) is 11.6 Å². The van der Waals surface area contributed by atoms with Crippen molar-refractivity contribution in [3.05, 3.63) is 59.2 Å². The maximum absolute atomic E-state index is 13.7. The molecule has 0 bridgehead atoms. The average molecular weight is 338 g/mol. The molecule has 7 heteroatoms. The van der Waals surface area contributed by atoms with E-state index in [1.165, 1.54) is 6.07 Å². The quantitative estimate of drug-likeness (QED) is 0.453. The molecule has 0 radical (unpaired) electrons. The van der Waals surface area contributed by atoms with Crippen molar-refractivity contribution in [1.29, 1.82) is 5.26 Å². The predicted octanol–water partition coefficient (Wildman–Crippen LogP) is 4.02. The molecule has 0 spiro atoms. The minimum atomic E-state index is -2.03. The molecule has 0 unspecified atom stereocenters. The van der Waals surface area contributed by atoms with Gasteiger partial charge in [0.15, 0.2) is 17.4 Å². The minimum Gasteiger partial charge on any atom is -0.487 e. The van der Waals surface area contributed by atoms with Gasteiger partial charge in [-0.05, 0) is 19.1 Å². The first-order valence-electron chi connectivity index (χ1n) is 7.20. The summed E-state index contributed by atoms with van der Waals surface area (Å²) >= 11 is 0. The van der Waals surface area contributed by atoms with Crippen LogP contribution in [0.4, 0.5) is 23.2 Å². The van der Waals surface area contributed by atoms with Crippen molar-refractivity contribution in [1.82, 2.24) is 0 Å². The number of ether oxygens (including phenoxy) is 1. The van der Waals surface area contributed by atoms with E-state index < -0.39 is 34.6 Å². The topological polar surface area (TPSA) is 36.3 Å². The van der Waals surface area contributed by atoms with Gasteiger partial charge in [-0.25, -0.2) is 13.2 Å². The zero-order chi connectivity index (χ0) is 17.7. The van der Waals surface area contributed by atoms with Crippen molar-refractivity contribution in [2.24, 2.45) is 0 Å². The zero-order valence-corrected chi connectivity index (χ0v) is 12.8. The molecule has 0 aliphatic rings. The van der Waals surface area contributed by atoms with Gasteiger partial charge < -0.3 is 9.64 Å². The second kappa shape index (κ2) is 7.68. The standard InChI is InChI=1S/C17H14F4N2O/c1-2-23(11-6-4-3-5-7-11)8-9-24-17-12(10-22)13(18)14(19)15(20)16(17)21/h3-7H,2,8-9H2,1H3. The van der Waals surface area contributed by atoms with E-state index in [1.54, 1.807) is 0 Å². The van der Waals surface area contributed by atoms with Crippen molar-refractivity contribution in [2.75, 3.05) is 24.6 Å². The Balaban J connectivity index is 2.17. The lowest BCUT2D eigenvalue weighted by Gasteiger charge is -2.23. The number of para-hydroxylation sites is 1. The number of nitriles is 1. The lowest BCUT2D eigenvalue weighted by Crippen LogP contribution is -2.28. The van der Waals surface area contributed by atoms with Crippen molar-refractivity contribution < 1.29 is 22.3 Å².